The quantitative estimate of drug-likeness (QED) is 0.838. The third-order valence-corrected chi connectivity index (χ3v) is 2.71. The predicted molar refractivity (Wildman–Crippen MR) is 75.8 cm³/mol. The molecule has 1 N–H and O–H groups in total. The Hall–Kier alpha value is -1.68. The number of benzene rings is 1. The molecular formula is C15H21N3O. The summed E-state index contributed by atoms with van der Waals surface area (Å²) in [6.07, 6.45) is 1.80. The van der Waals surface area contributed by atoms with E-state index in [9.17, 15) is 0 Å². The summed E-state index contributed by atoms with van der Waals surface area (Å²) < 4.78 is 5.65. The molecule has 0 radical (unpaired) electrons. The Morgan fingerprint density at radius 1 is 1.11 bits per heavy atom. The van der Waals surface area contributed by atoms with Gasteiger partial charge in [-0.2, -0.15) is 0 Å². The van der Waals surface area contributed by atoms with Gasteiger partial charge in [0.15, 0.2) is 0 Å². The van der Waals surface area contributed by atoms with Crippen molar-refractivity contribution in [2.45, 2.75) is 39.2 Å². The maximum atomic E-state index is 5.65. The van der Waals surface area contributed by atoms with E-state index in [1.165, 1.54) is 0 Å². The van der Waals surface area contributed by atoms with E-state index in [-0.39, 0.29) is 5.54 Å². The molecule has 19 heavy (non-hydrogen) atoms. The lowest BCUT2D eigenvalue weighted by Crippen LogP contribution is -2.36. The molecule has 1 heterocycles. The van der Waals surface area contributed by atoms with Gasteiger partial charge in [-0.1, -0.05) is 18.2 Å². The summed E-state index contributed by atoms with van der Waals surface area (Å²) in [7, 11) is 0. The normalized spacial score (nSPS) is 11.7. The van der Waals surface area contributed by atoms with Gasteiger partial charge in [0.2, 0.25) is 11.8 Å². The number of aryl methyl sites for hydroxylation is 1. The van der Waals surface area contributed by atoms with Crippen LogP contribution < -0.4 is 5.32 Å². The van der Waals surface area contributed by atoms with Gasteiger partial charge in [0.1, 0.15) is 0 Å². The molecule has 0 spiro atoms. The van der Waals surface area contributed by atoms with Crippen molar-refractivity contribution in [3.05, 3.63) is 36.2 Å². The topological polar surface area (TPSA) is 51.0 Å². The van der Waals surface area contributed by atoms with Crippen LogP contribution in [0, 0.1) is 0 Å². The van der Waals surface area contributed by atoms with Gasteiger partial charge in [0.25, 0.3) is 0 Å². The molecule has 1 aromatic carbocycles. The van der Waals surface area contributed by atoms with Crippen molar-refractivity contribution < 1.29 is 4.42 Å². The van der Waals surface area contributed by atoms with E-state index >= 15 is 0 Å². The van der Waals surface area contributed by atoms with E-state index in [0.717, 1.165) is 24.9 Å². The van der Waals surface area contributed by atoms with Crippen LogP contribution in [0.3, 0.4) is 0 Å². The number of nitrogens with zero attached hydrogens (tertiary/aromatic N) is 2. The Labute approximate surface area is 114 Å². The second kappa shape index (κ2) is 5.97. The molecule has 102 valence electrons. The lowest BCUT2D eigenvalue weighted by Gasteiger charge is -2.19. The molecule has 4 heteroatoms. The first-order chi connectivity index (χ1) is 9.04. The van der Waals surface area contributed by atoms with Gasteiger partial charge in [-0.05, 0) is 45.9 Å². The fraction of sp³-hybridized carbons (Fsp3) is 0.467. The molecule has 0 atom stereocenters. The number of hydrogen-bond donors (Lipinski definition) is 1. The first-order valence-electron chi connectivity index (χ1n) is 6.67. The standard InChI is InChI=1S/C15H21N3O/c1-15(2,3)16-11-7-10-13-17-18-14(19-13)12-8-5-4-6-9-12/h4-6,8-9,16H,7,10-11H2,1-3H3. The Bertz CT molecular complexity index is 500. The van der Waals surface area contributed by atoms with Crippen molar-refractivity contribution in [2.24, 2.45) is 0 Å². The molecule has 0 bridgehead atoms. The van der Waals surface area contributed by atoms with E-state index < -0.39 is 0 Å². The summed E-state index contributed by atoms with van der Waals surface area (Å²) >= 11 is 0. The van der Waals surface area contributed by atoms with Gasteiger partial charge < -0.3 is 9.73 Å². The van der Waals surface area contributed by atoms with Crippen molar-refractivity contribution in [3.8, 4) is 11.5 Å². The number of aromatic nitrogens is 2. The third-order valence-electron chi connectivity index (χ3n) is 2.71. The SMILES string of the molecule is CC(C)(C)NCCCc1nnc(-c2ccccc2)o1. The van der Waals surface area contributed by atoms with Gasteiger partial charge in [-0.3, -0.25) is 0 Å². The summed E-state index contributed by atoms with van der Waals surface area (Å²) in [6, 6.07) is 9.84. The van der Waals surface area contributed by atoms with Crippen LogP contribution >= 0.6 is 0 Å². The third kappa shape index (κ3) is 4.48. The second-order valence-corrected chi connectivity index (χ2v) is 5.65. The molecule has 2 rings (SSSR count). The van der Waals surface area contributed by atoms with E-state index in [1.54, 1.807) is 0 Å². The highest BCUT2D eigenvalue weighted by molar-refractivity contribution is 5.51. The molecule has 1 aromatic heterocycles. The molecule has 0 aliphatic rings. The molecule has 0 unspecified atom stereocenters. The average Bonchev–Trinajstić information content (AvgIpc) is 2.83. The van der Waals surface area contributed by atoms with Crippen molar-refractivity contribution in [1.82, 2.24) is 15.5 Å². The van der Waals surface area contributed by atoms with Gasteiger partial charge in [-0.25, -0.2) is 0 Å². The summed E-state index contributed by atoms with van der Waals surface area (Å²) in [5.41, 5.74) is 1.12. The molecule has 0 fully saturated rings. The molecular weight excluding hydrogens is 238 g/mol. The fourth-order valence-corrected chi connectivity index (χ4v) is 1.76. The van der Waals surface area contributed by atoms with Crippen LogP contribution in [0.1, 0.15) is 33.1 Å². The molecule has 0 aliphatic carbocycles. The zero-order valence-electron chi connectivity index (χ0n) is 11.8. The van der Waals surface area contributed by atoms with Gasteiger partial charge >= 0.3 is 0 Å². The van der Waals surface area contributed by atoms with Crippen LogP contribution in [0.4, 0.5) is 0 Å². The fourth-order valence-electron chi connectivity index (χ4n) is 1.76. The van der Waals surface area contributed by atoms with Crippen LogP contribution in [0.2, 0.25) is 0 Å². The van der Waals surface area contributed by atoms with Gasteiger partial charge in [0, 0.05) is 17.5 Å². The van der Waals surface area contributed by atoms with Crippen LogP contribution in [0.15, 0.2) is 34.7 Å². The Morgan fingerprint density at radius 2 is 1.84 bits per heavy atom. The highest BCUT2D eigenvalue weighted by atomic mass is 16.4. The first-order valence-corrected chi connectivity index (χ1v) is 6.67. The Kier molecular flexibility index (Phi) is 4.32. The highest BCUT2D eigenvalue weighted by Gasteiger charge is 2.10. The predicted octanol–water partition coefficient (Wildman–Crippen LogP) is 3.06. The highest BCUT2D eigenvalue weighted by Crippen LogP contribution is 2.17. The number of rotatable bonds is 5. The second-order valence-electron chi connectivity index (χ2n) is 5.65. The molecule has 0 aliphatic heterocycles. The van der Waals surface area contributed by atoms with Gasteiger partial charge in [-0.15, -0.1) is 10.2 Å². The van der Waals surface area contributed by atoms with Crippen molar-refractivity contribution in [3.63, 3.8) is 0 Å². The maximum absolute atomic E-state index is 5.65. The minimum Gasteiger partial charge on any atom is -0.421 e. The van der Waals surface area contributed by atoms with Crippen molar-refractivity contribution in [2.75, 3.05) is 6.54 Å². The van der Waals surface area contributed by atoms with E-state index in [1.807, 2.05) is 30.3 Å². The van der Waals surface area contributed by atoms with Crippen LogP contribution in [-0.2, 0) is 6.42 Å². The Balaban J connectivity index is 1.85. The number of hydrogen-bond acceptors (Lipinski definition) is 4. The Morgan fingerprint density at radius 3 is 2.53 bits per heavy atom. The van der Waals surface area contributed by atoms with Gasteiger partial charge in [0.05, 0.1) is 0 Å². The lowest BCUT2D eigenvalue weighted by atomic mass is 10.1. The smallest absolute Gasteiger partial charge is 0.247 e. The molecule has 0 amide bonds. The molecule has 4 nitrogen and oxygen atoms in total. The van der Waals surface area contributed by atoms with E-state index in [2.05, 4.69) is 36.3 Å². The summed E-state index contributed by atoms with van der Waals surface area (Å²) in [5.74, 6) is 1.30. The summed E-state index contributed by atoms with van der Waals surface area (Å²) in [5, 5.41) is 11.6. The minimum atomic E-state index is 0.157. The maximum Gasteiger partial charge on any atom is 0.247 e. The summed E-state index contributed by atoms with van der Waals surface area (Å²) in [4.78, 5) is 0. The van der Waals surface area contributed by atoms with Crippen LogP contribution in [0.5, 0.6) is 0 Å². The summed E-state index contributed by atoms with van der Waals surface area (Å²) in [6.45, 7) is 7.43. The zero-order valence-corrected chi connectivity index (χ0v) is 11.8. The number of nitrogens with one attached hydrogen (secondary N) is 1. The van der Waals surface area contributed by atoms with Crippen LogP contribution in [0.25, 0.3) is 11.5 Å². The van der Waals surface area contributed by atoms with E-state index in [4.69, 9.17) is 4.42 Å². The van der Waals surface area contributed by atoms with E-state index in [0.29, 0.717) is 11.8 Å². The minimum absolute atomic E-state index is 0.157. The molecule has 0 saturated carbocycles. The van der Waals surface area contributed by atoms with Crippen LogP contribution in [-0.4, -0.2) is 22.3 Å². The molecule has 0 saturated heterocycles. The first kappa shape index (κ1) is 13.7. The zero-order chi connectivity index (χ0) is 13.7. The largest absolute Gasteiger partial charge is 0.421 e. The van der Waals surface area contributed by atoms with Crippen molar-refractivity contribution in [1.29, 1.82) is 0 Å². The average molecular weight is 259 g/mol. The monoisotopic (exact) mass is 259 g/mol. The lowest BCUT2D eigenvalue weighted by molar-refractivity contribution is 0.412. The van der Waals surface area contributed by atoms with Crippen molar-refractivity contribution >= 4 is 0 Å². The molecule has 2 aromatic rings.